The molecule has 16 heavy (non-hydrogen) atoms. The largest absolute Gasteiger partial charge is 0.393 e. The quantitative estimate of drug-likeness (QED) is 0.299. The smallest absolute Gasteiger partial charge is 0.388 e. The molecule has 8 heteroatoms. The fraction of sp³-hybridized carbons (Fsp3) is 0.875. The molecule has 5 nitrogen and oxygen atoms in total. The van der Waals surface area contributed by atoms with Gasteiger partial charge in [-0.2, -0.15) is 13.2 Å². The van der Waals surface area contributed by atoms with Gasteiger partial charge >= 0.3 is 6.18 Å². The molecule has 2 atom stereocenters. The van der Waals surface area contributed by atoms with Gasteiger partial charge in [-0.25, -0.2) is 0 Å². The van der Waals surface area contributed by atoms with E-state index < -0.39 is 30.8 Å². The zero-order valence-electron chi connectivity index (χ0n) is 8.78. The molecule has 0 spiro atoms. The standard InChI is InChI=1S/C8H16F3N3O2/c1-4(12)14-3-2-5(8(9,10)11)6(13)7(15)16/h5-7,15-16H,2-3,13H2,1H3,(H2,12,14). The second-order valence-corrected chi connectivity index (χ2v) is 3.45. The van der Waals surface area contributed by atoms with Crippen molar-refractivity contribution in [3.05, 3.63) is 0 Å². The number of amidine groups is 1. The highest BCUT2D eigenvalue weighted by Crippen LogP contribution is 2.31. The van der Waals surface area contributed by atoms with Gasteiger partial charge in [0.05, 0.1) is 17.8 Å². The summed E-state index contributed by atoms with van der Waals surface area (Å²) >= 11 is 0. The fourth-order valence-electron chi connectivity index (χ4n) is 1.16. The molecule has 2 unspecified atom stereocenters. The molecule has 0 aliphatic carbocycles. The Bertz CT molecular complexity index is 239. The third kappa shape index (κ3) is 5.29. The maximum Gasteiger partial charge on any atom is 0.393 e. The van der Waals surface area contributed by atoms with Crippen LogP contribution in [0.5, 0.6) is 0 Å². The zero-order chi connectivity index (χ0) is 12.9. The van der Waals surface area contributed by atoms with E-state index in [-0.39, 0.29) is 12.4 Å². The van der Waals surface area contributed by atoms with Crippen LogP contribution in [0.3, 0.4) is 0 Å². The minimum absolute atomic E-state index is 0.160. The van der Waals surface area contributed by atoms with Crippen LogP contribution in [0, 0.1) is 5.92 Å². The highest BCUT2D eigenvalue weighted by atomic mass is 19.4. The van der Waals surface area contributed by atoms with Gasteiger partial charge in [-0.15, -0.1) is 0 Å². The van der Waals surface area contributed by atoms with Crippen molar-refractivity contribution in [2.24, 2.45) is 22.4 Å². The molecule has 0 saturated heterocycles. The number of hydrogen-bond acceptors (Lipinski definition) is 4. The summed E-state index contributed by atoms with van der Waals surface area (Å²) in [7, 11) is 0. The summed E-state index contributed by atoms with van der Waals surface area (Å²) in [5.74, 6) is -1.85. The van der Waals surface area contributed by atoms with E-state index in [9.17, 15) is 13.2 Å². The van der Waals surface area contributed by atoms with Crippen LogP contribution in [0.15, 0.2) is 4.99 Å². The van der Waals surface area contributed by atoms with E-state index in [2.05, 4.69) is 4.99 Å². The molecule has 6 N–H and O–H groups in total. The third-order valence-electron chi connectivity index (χ3n) is 2.03. The van der Waals surface area contributed by atoms with Crippen molar-refractivity contribution in [1.29, 1.82) is 0 Å². The average Bonchev–Trinajstić information content (AvgIpc) is 2.08. The van der Waals surface area contributed by atoms with E-state index in [1.807, 2.05) is 0 Å². The molecule has 0 fully saturated rings. The summed E-state index contributed by atoms with van der Waals surface area (Å²) in [5.41, 5.74) is 10.2. The second kappa shape index (κ2) is 6.02. The van der Waals surface area contributed by atoms with E-state index in [0.717, 1.165) is 0 Å². The topological polar surface area (TPSA) is 105 Å². The van der Waals surface area contributed by atoms with Crippen molar-refractivity contribution in [2.75, 3.05) is 6.54 Å². The molecule has 0 saturated carbocycles. The number of alkyl halides is 3. The first-order chi connectivity index (χ1) is 7.16. The summed E-state index contributed by atoms with van der Waals surface area (Å²) in [4.78, 5) is 3.60. The minimum Gasteiger partial charge on any atom is -0.388 e. The molecule has 0 aromatic heterocycles. The molecule has 0 aromatic rings. The van der Waals surface area contributed by atoms with Crippen LogP contribution in [0.2, 0.25) is 0 Å². The van der Waals surface area contributed by atoms with Crippen molar-refractivity contribution in [2.45, 2.75) is 31.9 Å². The minimum atomic E-state index is -4.60. The van der Waals surface area contributed by atoms with Crippen molar-refractivity contribution in [3.63, 3.8) is 0 Å². The summed E-state index contributed by atoms with van der Waals surface area (Å²) in [6, 6.07) is -1.78. The number of aliphatic hydroxyl groups excluding tert-OH is 1. The first-order valence-electron chi connectivity index (χ1n) is 4.61. The van der Waals surface area contributed by atoms with E-state index >= 15 is 0 Å². The monoisotopic (exact) mass is 243 g/mol. The van der Waals surface area contributed by atoms with Crippen LogP contribution in [0.1, 0.15) is 13.3 Å². The van der Waals surface area contributed by atoms with E-state index in [1.54, 1.807) is 0 Å². The number of nitrogens with two attached hydrogens (primary N) is 2. The molecule has 0 heterocycles. The molecule has 0 aliphatic rings. The zero-order valence-corrected chi connectivity index (χ0v) is 8.78. The normalized spacial score (nSPS) is 17.6. The Kier molecular flexibility index (Phi) is 5.70. The van der Waals surface area contributed by atoms with Gasteiger partial charge in [0.1, 0.15) is 0 Å². The molecule has 0 rings (SSSR count). The third-order valence-corrected chi connectivity index (χ3v) is 2.03. The lowest BCUT2D eigenvalue weighted by molar-refractivity contribution is -0.202. The summed E-state index contributed by atoms with van der Waals surface area (Å²) in [6.45, 7) is 1.29. The predicted octanol–water partition coefficient (Wildman–Crippen LogP) is -0.430. The molecule has 96 valence electrons. The van der Waals surface area contributed by atoms with Gasteiger partial charge in [-0.05, 0) is 13.3 Å². The van der Waals surface area contributed by atoms with E-state index in [0.29, 0.717) is 0 Å². The van der Waals surface area contributed by atoms with E-state index in [1.165, 1.54) is 6.92 Å². The first kappa shape index (κ1) is 15.1. The van der Waals surface area contributed by atoms with Crippen LogP contribution >= 0.6 is 0 Å². The number of halogens is 3. The van der Waals surface area contributed by atoms with E-state index in [4.69, 9.17) is 21.7 Å². The molecule has 0 aliphatic heterocycles. The summed E-state index contributed by atoms with van der Waals surface area (Å²) < 4.78 is 37.4. The highest BCUT2D eigenvalue weighted by Gasteiger charge is 2.44. The lowest BCUT2D eigenvalue weighted by Crippen LogP contribution is -2.47. The Morgan fingerprint density at radius 3 is 2.19 bits per heavy atom. The van der Waals surface area contributed by atoms with Gasteiger partial charge in [0, 0.05) is 6.54 Å². The van der Waals surface area contributed by atoms with Gasteiger partial charge in [0.2, 0.25) is 0 Å². The van der Waals surface area contributed by atoms with Gasteiger partial charge in [0.25, 0.3) is 0 Å². The van der Waals surface area contributed by atoms with Gasteiger partial charge in [-0.3, -0.25) is 4.99 Å². The summed E-state index contributed by atoms with van der Waals surface area (Å²) in [5, 5.41) is 17.3. The molecular formula is C8H16F3N3O2. The van der Waals surface area contributed by atoms with Crippen LogP contribution in [0.4, 0.5) is 13.2 Å². The lowest BCUT2D eigenvalue weighted by atomic mass is 9.95. The van der Waals surface area contributed by atoms with Gasteiger partial charge < -0.3 is 21.7 Å². The lowest BCUT2D eigenvalue weighted by Gasteiger charge is -2.26. The van der Waals surface area contributed by atoms with Crippen molar-refractivity contribution in [1.82, 2.24) is 0 Å². The Balaban J connectivity index is 4.52. The van der Waals surface area contributed by atoms with Crippen LogP contribution < -0.4 is 11.5 Å². The van der Waals surface area contributed by atoms with Crippen molar-refractivity contribution >= 4 is 5.84 Å². The SMILES string of the molecule is CC(N)=NCCC(C(N)C(O)O)C(F)(F)F. The van der Waals surface area contributed by atoms with Gasteiger partial charge in [-0.1, -0.05) is 0 Å². The summed E-state index contributed by atoms with van der Waals surface area (Å²) in [6.07, 6.45) is -7.24. The maximum atomic E-state index is 12.5. The number of hydrogen-bond donors (Lipinski definition) is 4. The Morgan fingerprint density at radius 2 is 1.88 bits per heavy atom. The van der Waals surface area contributed by atoms with Gasteiger partial charge in [0.15, 0.2) is 6.29 Å². The average molecular weight is 243 g/mol. The van der Waals surface area contributed by atoms with Crippen molar-refractivity contribution in [3.8, 4) is 0 Å². The molecular weight excluding hydrogens is 227 g/mol. The second-order valence-electron chi connectivity index (χ2n) is 3.45. The molecule has 0 aromatic carbocycles. The Hall–Kier alpha value is -0.860. The fourth-order valence-corrected chi connectivity index (χ4v) is 1.16. The molecule has 0 radical (unpaired) electrons. The number of nitrogens with zero attached hydrogens (tertiary/aromatic N) is 1. The van der Waals surface area contributed by atoms with Crippen LogP contribution in [0.25, 0.3) is 0 Å². The van der Waals surface area contributed by atoms with Crippen LogP contribution in [-0.4, -0.2) is 41.1 Å². The van der Waals surface area contributed by atoms with Crippen molar-refractivity contribution < 1.29 is 23.4 Å². The molecule has 0 amide bonds. The highest BCUT2D eigenvalue weighted by molar-refractivity contribution is 5.77. The first-order valence-corrected chi connectivity index (χ1v) is 4.61. The number of aliphatic hydroxyl groups is 2. The number of rotatable bonds is 5. The maximum absolute atomic E-state index is 12.5. The Morgan fingerprint density at radius 1 is 1.38 bits per heavy atom. The van der Waals surface area contributed by atoms with Crippen LogP contribution in [-0.2, 0) is 0 Å². The number of aliphatic imine (C=N–C) groups is 1. The Labute approximate surface area is 91.0 Å². The molecule has 0 bridgehead atoms. The predicted molar refractivity (Wildman–Crippen MR) is 52.5 cm³/mol.